The van der Waals surface area contributed by atoms with Crippen molar-refractivity contribution in [2.45, 2.75) is 58.9 Å². The Morgan fingerprint density at radius 2 is 1.81 bits per heavy atom. The summed E-state index contributed by atoms with van der Waals surface area (Å²) in [6.45, 7) is 11.3. The Hall–Kier alpha value is -1.62. The Kier molecular flexibility index (Phi) is 8.89. The Balaban J connectivity index is 0.00000117. The molecule has 3 rings (SSSR count). The predicted molar refractivity (Wildman–Crippen MR) is 108 cm³/mol. The largest absolute Gasteiger partial charge is 0.354 e. The Morgan fingerprint density at radius 1 is 1.12 bits per heavy atom. The number of amides is 1. The lowest BCUT2D eigenvalue weighted by Crippen LogP contribution is -2.47. The summed E-state index contributed by atoms with van der Waals surface area (Å²) in [5, 5.41) is 3.07. The molecule has 1 aliphatic carbocycles. The Morgan fingerprint density at radius 3 is 2.38 bits per heavy atom. The van der Waals surface area contributed by atoms with Gasteiger partial charge in [-0.2, -0.15) is 0 Å². The number of rotatable bonds is 5. The fourth-order valence-electron chi connectivity index (χ4n) is 3.99. The van der Waals surface area contributed by atoms with Crippen molar-refractivity contribution in [1.82, 2.24) is 15.2 Å². The van der Waals surface area contributed by atoms with Gasteiger partial charge in [-0.25, -0.2) is 4.98 Å². The number of pyridine rings is 1. The van der Waals surface area contributed by atoms with Crippen LogP contribution in [-0.2, 0) is 4.79 Å². The number of piperazine rings is 1. The Labute approximate surface area is 159 Å². The molecule has 2 heterocycles. The average molecular weight is 361 g/mol. The van der Waals surface area contributed by atoms with Crippen LogP contribution in [0, 0.1) is 5.92 Å². The number of aromatic nitrogens is 1. The minimum atomic E-state index is 0.115. The maximum Gasteiger partial charge on any atom is 0.217 e. The monoisotopic (exact) mass is 360 g/mol. The van der Waals surface area contributed by atoms with Gasteiger partial charge in [-0.3, -0.25) is 9.69 Å². The third kappa shape index (κ3) is 6.60. The number of nitrogens with one attached hydrogen (secondary N) is 1. The van der Waals surface area contributed by atoms with E-state index in [0.717, 1.165) is 50.8 Å². The van der Waals surface area contributed by atoms with Crippen LogP contribution in [0.2, 0.25) is 0 Å². The van der Waals surface area contributed by atoms with Gasteiger partial charge in [-0.1, -0.05) is 19.9 Å². The quantitative estimate of drug-likeness (QED) is 0.875. The summed E-state index contributed by atoms with van der Waals surface area (Å²) >= 11 is 0. The molecular weight excluding hydrogens is 324 g/mol. The van der Waals surface area contributed by atoms with Gasteiger partial charge in [0.25, 0.3) is 0 Å². The molecule has 2 aliphatic rings. The molecule has 0 atom stereocenters. The predicted octanol–water partition coefficient (Wildman–Crippen LogP) is 3.31. The SMILES string of the molecule is CC.CC(=O)NC1CCC(CCN2CCN(c3ccccn3)CC2)CC1. The zero-order valence-electron chi connectivity index (χ0n) is 16.8. The highest BCUT2D eigenvalue weighted by Crippen LogP contribution is 2.27. The van der Waals surface area contributed by atoms with Crippen molar-refractivity contribution < 1.29 is 4.79 Å². The smallest absolute Gasteiger partial charge is 0.217 e. The van der Waals surface area contributed by atoms with E-state index in [0.29, 0.717) is 6.04 Å². The molecule has 1 aliphatic heterocycles. The third-order valence-electron chi connectivity index (χ3n) is 5.45. The van der Waals surface area contributed by atoms with Crippen LogP contribution in [0.25, 0.3) is 0 Å². The molecule has 1 amide bonds. The van der Waals surface area contributed by atoms with Gasteiger partial charge >= 0.3 is 0 Å². The molecule has 5 heteroatoms. The molecular formula is C21H36N4O. The van der Waals surface area contributed by atoms with E-state index in [2.05, 4.69) is 32.2 Å². The van der Waals surface area contributed by atoms with Gasteiger partial charge in [0.15, 0.2) is 0 Å². The first kappa shape index (κ1) is 20.7. The molecule has 1 saturated carbocycles. The zero-order chi connectivity index (χ0) is 18.8. The van der Waals surface area contributed by atoms with Gasteiger partial charge in [0.1, 0.15) is 5.82 Å². The van der Waals surface area contributed by atoms with E-state index < -0.39 is 0 Å². The van der Waals surface area contributed by atoms with Gasteiger partial charge in [0.2, 0.25) is 5.91 Å². The minimum absolute atomic E-state index is 0.115. The first-order valence-corrected chi connectivity index (χ1v) is 10.4. The van der Waals surface area contributed by atoms with Gasteiger partial charge in [0.05, 0.1) is 0 Å². The van der Waals surface area contributed by atoms with Crippen LogP contribution in [0.1, 0.15) is 52.9 Å². The lowest BCUT2D eigenvalue weighted by molar-refractivity contribution is -0.119. The van der Waals surface area contributed by atoms with Crippen molar-refractivity contribution in [2.75, 3.05) is 37.6 Å². The van der Waals surface area contributed by atoms with Crippen LogP contribution in [-0.4, -0.2) is 54.6 Å². The fourth-order valence-corrected chi connectivity index (χ4v) is 3.99. The second-order valence-electron chi connectivity index (χ2n) is 7.22. The second-order valence-corrected chi connectivity index (χ2v) is 7.22. The summed E-state index contributed by atoms with van der Waals surface area (Å²) in [6, 6.07) is 6.55. The molecule has 1 aromatic rings. The molecule has 1 N–H and O–H groups in total. The van der Waals surface area contributed by atoms with Gasteiger partial charge in [0, 0.05) is 45.3 Å². The van der Waals surface area contributed by atoms with Crippen LogP contribution in [0.3, 0.4) is 0 Å². The number of carbonyl (C=O) groups is 1. The third-order valence-corrected chi connectivity index (χ3v) is 5.45. The van der Waals surface area contributed by atoms with Crippen molar-refractivity contribution in [3.05, 3.63) is 24.4 Å². The molecule has 5 nitrogen and oxygen atoms in total. The van der Waals surface area contributed by atoms with Crippen LogP contribution in [0.4, 0.5) is 5.82 Å². The first-order valence-electron chi connectivity index (χ1n) is 10.4. The van der Waals surface area contributed by atoms with E-state index in [1.807, 2.05) is 26.1 Å². The summed E-state index contributed by atoms with van der Waals surface area (Å²) in [6.07, 6.45) is 8.00. The molecule has 0 spiro atoms. The van der Waals surface area contributed by atoms with Crippen molar-refractivity contribution >= 4 is 11.7 Å². The van der Waals surface area contributed by atoms with E-state index in [4.69, 9.17) is 0 Å². The van der Waals surface area contributed by atoms with Crippen molar-refractivity contribution in [2.24, 2.45) is 5.92 Å². The number of hydrogen-bond donors (Lipinski definition) is 1. The van der Waals surface area contributed by atoms with Gasteiger partial charge < -0.3 is 10.2 Å². The highest BCUT2D eigenvalue weighted by atomic mass is 16.1. The first-order chi connectivity index (χ1) is 12.7. The lowest BCUT2D eigenvalue weighted by Gasteiger charge is -2.36. The van der Waals surface area contributed by atoms with E-state index in [1.54, 1.807) is 6.92 Å². The number of hydrogen-bond acceptors (Lipinski definition) is 4. The zero-order valence-corrected chi connectivity index (χ0v) is 16.8. The van der Waals surface area contributed by atoms with Crippen LogP contribution >= 0.6 is 0 Å². The van der Waals surface area contributed by atoms with Crippen molar-refractivity contribution in [3.63, 3.8) is 0 Å². The molecule has 0 aromatic carbocycles. The molecule has 0 unspecified atom stereocenters. The molecule has 146 valence electrons. The minimum Gasteiger partial charge on any atom is -0.354 e. The summed E-state index contributed by atoms with van der Waals surface area (Å²) in [7, 11) is 0. The van der Waals surface area contributed by atoms with Crippen LogP contribution < -0.4 is 10.2 Å². The molecule has 1 aromatic heterocycles. The van der Waals surface area contributed by atoms with Crippen molar-refractivity contribution in [3.8, 4) is 0 Å². The normalized spacial score (nSPS) is 23.7. The summed E-state index contributed by atoms with van der Waals surface area (Å²) in [5.74, 6) is 2.06. The highest BCUT2D eigenvalue weighted by molar-refractivity contribution is 5.73. The standard InChI is InChI=1S/C19H30N4O.C2H6/c1-16(24)21-18-7-5-17(6-8-18)9-11-22-12-14-23(15-13-22)19-4-2-3-10-20-19;1-2/h2-4,10,17-18H,5-9,11-15H2,1H3,(H,21,24);1-2H3. The van der Waals surface area contributed by atoms with E-state index in [-0.39, 0.29) is 5.91 Å². The highest BCUT2D eigenvalue weighted by Gasteiger charge is 2.23. The average Bonchev–Trinajstić information content (AvgIpc) is 2.70. The summed E-state index contributed by atoms with van der Waals surface area (Å²) < 4.78 is 0. The maximum atomic E-state index is 11.1. The van der Waals surface area contributed by atoms with E-state index in [9.17, 15) is 4.79 Å². The molecule has 26 heavy (non-hydrogen) atoms. The lowest BCUT2D eigenvalue weighted by atomic mass is 9.84. The fraction of sp³-hybridized carbons (Fsp3) is 0.714. The van der Waals surface area contributed by atoms with Crippen molar-refractivity contribution in [1.29, 1.82) is 0 Å². The number of carbonyl (C=O) groups excluding carboxylic acids is 1. The van der Waals surface area contributed by atoms with Gasteiger partial charge in [-0.05, 0) is 56.7 Å². The molecule has 1 saturated heterocycles. The molecule has 2 fully saturated rings. The number of anilines is 1. The second kappa shape index (κ2) is 11.2. The Bertz CT molecular complexity index is 506. The topological polar surface area (TPSA) is 48.5 Å². The molecule has 0 radical (unpaired) electrons. The van der Waals surface area contributed by atoms with E-state index >= 15 is 0 Å². The summed E-state index contributed by atoms with van der Waals surface area (Å²) in [4.78, 5) is 20.6. The molecule has 0 bridgehead atoms. The number of nitrogens with zero attached hydrogens (tertiary/aromatic N) is 3. The van der Waals surface area contributed by atoms with E-state index in [1.165, 1.54) is 25.8 Å². The van der Waals surface area contributed by atoms with Crippen LogP contribution in [0.5, 0.6) is 0 Å². The van der Waals surface area contributed by atoms with Gasteiger partial charge in [-0.15, -0.1) is 0 Å². The van der Waals surface area contributed by atoms with Crippen LogP contribution in [0.15, 0.2) is 24.4 Å². The maximum absolute atomic E-state index is 11.1. The summed E-state index contributed by atoms with van der Waals surface area (Å²) in [5.41, 5.74) is 0.